The Balaban J connectivity index is 0. The van der Waals surface area contributed by atoms with Crippen molar-refractivity contribution in [3.8, 4) is 0 Å². The summed E-state index contributed by atoms with van der Waals surface area (Å²) in [4.78, 5) is 0. The van der Waals surface area contributed by atoms with E-state index in [9.17, 15) is 0 Å². The van der Waals surface area contributed by atoms with Crippen LogP contribution in [-0.4, -0.2) is 51.4 Å². The summed E-state index contributed by atoms with van der Waals surface area (Å²) < 4.78 is 0. The second-order valence-electron chi connectivity index (χ2n) is 1.21. The van der Waals surface area contributed by atoms with Crippen molar-refractivity contribution in [1.82, 2.24) is 0 Å². The van der Waals surface area contributed by atoms with Crippen molar-refractivity contribution in [2.75, 3.05) is 0 Å². The molecule has 0 rings (SSSR count). The predicted molar refractivity (Wildman–Crippen MR) is 32.0 cm³/mol. The van der Waals surface area contributed by atoms with Crippen LogP contribution in [0.3, 0.4) is 0 Å². The van der Waals surface area contributed by atoms with Gasteiger partial charge in [-0.05, 0) is 0 Å². The van der Waals surface area contributed by atoms with Gasteiger partial charge in [0.2, 0.25) is 0 Å². The van der Waals surface area contributed by atoms with Gasteiger partial charge in [-0.1, -0.05) is 33.1 Å². The Bertz CT molecular complexity index is 11.4. The Kier molecular flexibility index (Phi) is 17.3. The van der Waals surface area contributed by atoms with Crippen LogP contribution in [0.2, 0.25) is 0 Å². The monoisotopic (exact) mass is 111 g/mol. The number of hydrogen-bond acceptors (Lipinski definition) is 0. The van der Waals surface area contributed by atoms with E-state index in [-0.39, 0.29) is 51.4 Å². The molecule has 0 spiro atoms. The summed E-state index contributed by atoms with van der Waals surface area (Å²) in [7, 11) is 0. The first-order valence-electron chi connectivity index (χ1n) is 2.21. The Labute approximate surface area is 83.1 Å². The van der Waals surface area contributed by atoms with Gasteiger partial charge in [0.25, 0.3) is 0 Å². The van der Waals surface area contributed by atoms with Crippen molar-refractivity contribution >= 4 is 51.4 Å². The zero-order chi connectivity index (χ0) is 4.12. The molecule has 0 aliphatic rings. The normalized spacial score (nSPS) is 7.00. The van der Waals surface area contributed by atoms with E-state index >= 15 is 0 Å². The molecule has 33 valence electrons. The summed E-state index contributed by atoms with van der Waals surface area (Å²) in [5.74, 6) is 0. The van der Waals surface area contributed by atoms with Crippen LogP contribution in [0.15, 0.2) is 0 Å². The van der Waals surface area contributed by atoms with Crippen LogP contribution in [-0.2, 0) is 0 Å². The number of hydrogen-bond donors (Lipinski definition) is 0. The molecule has 1 radical (unpaired) electrons. The van der Waals surface area contributed by atoms with Gasteiger partial charge in [0, 0.05) is 0 Å². The second-order valence-corrected chi connectivity index (χ2v) is 1.21. The number of unbranched alkanes of at least 4 members (excludes halogenated alkanes) is 2. The third-order valence-electron chi connectivity index (χ3n) is 0.604. The molecule has 0 N–H and O–H groups in total. The topological polar surface area (TPSA) is 0 Å². The van der Waals surface area contributed by atoms with Crippen LogP contribution in [0.5, 0.6) is 0 Å². The fourth-order valence-electron chi connectivity index (χ4n) is 0.250. The Hall–Kier alpha value is 1.64. The van der Waals surface area contributed by atoms with Crippen molar-refractivity contribution in [3.63, 3.8) is 0 Å². The van der Waals surface area contributed by atoms with E-state index in [1.165, 1.54) is 12.8 Å². The van der Waals surface area contributed by atoms with Crippen molar-refractivity contribution in [1.29, 1.82) is 0 Å². The molecule has 0 amide bonds. The third-order valence-corrected chi connectivity index (χ3v) is 0.604. The molecule has 0 saturated carbocycles. The molecule has 6 heavy (non-hydrogen) atoms. The maximum atomic E-state index is 3.68. The van der Waals surface area contributed by atoms with Gasteiger partial charge in [0.05, 0.1) is 0 Å². The van der Waals surface area contributed by atoms with Gasteiger partial charge >= 0.3 is 51.4 Å². The average Bonchev–Trinajstić information content (AvgIpc) is 1.41. The Morgan fingerprint density at radius 2 is 2.00 bits per heavy atom. The van der Waals surface area contributed by atoms with Crippen LogP contribution in [0.4, 0.5) is 0 Å². The maximum absolute atomic E-state index is 3.68. The van der Waals surface area contributed by atoms with Crippen molar-refractivity contribution < 1.29 is 0 Å². The van der Waals surface area contributed by atoms with Gasteiger partial charge in [0.1, 0.15) is 0 Å². The van der Waals surface area contributed by atoms with E-state index in [0.717, 1.165) is 6.42 Å². The number of rotatable bonds is 2. The van der Waals surface area contributed by atoms with Crippen molar-refractivity contribution in [2.45, 2.75) is 26.2 Å². The minimum absolute atomic E-state index is 0. The van der Waals surface area contributed by atoms with Gasteiger partial charge in [-0.2, -0.15) is 0 Å². The first-order chi connectivity index (χ1) is 2.41. The summed E-state index contributed by atoms with van der Waals surface area (Å²) in [6, 6.07) is 0. The van der Waals surface area contributed by atoms with E-state index in [0.29, 0.717) is 0 Å². The molecule has 0 heterocycles. The molecular weight excluding hydrogens is 99.2 g/mol. The van der Waals surface area contributed by atoms with Crippen LogP contribution in [0, 0.1) is 6.92 Å². The fourth-order valence-corrected chi connectivity index (χ4v) is 0.250. The van der Waals surface area contributed by atoms with E-state index < -0.39 is 0 Å². The molecule has 0 aromatic rings. The first kappa shape index (κ1) is 10.6. The molecule has 0 saturated heterocycles. The molecular formula is C5H12K. The van der Waals surface area contributed by atoms with Gasteiger partial charge in [-0.25, -0.2) is 0 Å². The molecule has 0 fully saturated rings. The minimum atomic E-state index is 0. The third kappa shape index (κ3) is 9.16. The molecule has 0 aliphatic heterocycles. The first-order valence-corrected chi connectivity index (χ1v) is 2.21. The van der Waals surface area contributed by atoms with Crippen LogP contribution in [0.1, 0.15) is 26.2 Å². The Morgan fingerprint density at radius 1 is 1.50 bits per heavy atom. The van der Waals surface area contributed by atoms with E-state index in [4.69, 9.17) is 0 Å². The fraction of sp³-hybridized carbons (Fsp3) is 0.800. The van der Waals surface area contributed by atoms with Crippen molar-refractivity contribution in [3.05, 3.63) is 6.92 Å². The van der Waals surface area contributed by atoms with E-state index in [1.807, 2.05) is 0 Å². The predicted octanol–water partition coefficient (Wildman–Crippen LogP) is 1.36. The second kappa shape index (κ2) is 9.81. The standard InChI is InChI=1S/C5H11.K.H/c1-3-5-4-2;;/h1,3-5H2,2H3;;. The van der Waals surface area contributed by atoms with Gasteiger partial charge in [-0.15, -0.1) is 0 Å². The molecule has 0 nitrogen and oxygen atoms in total. The summed E-state index contributed by atoms with van der Waals surface area (Å²) in [5.41, 5.74) is 0. The molecule has 0 unspecified atom stereocenters. The molecule has 1 heteroatoms. The average molecular weight is 111 g/mol. The summed E-state index contributed by atoms with van der Waals surface area (Å²) >= 11 is 0. The van der Waals surface area contributed by atoms with E-state index in [2.05, 4.69) is 13.8 Å². The zero-order valence-electron chi connectivity index (χ0n) is 3.83. The van der Waals surface area contributed by atoms with Gasteiger partial charge < -0.3 is 0 Å². The van der Waals surface area contributed by atoms with E-state index in [1.54, 1.807) is 0 Å². The van der Waals surface area contributed by atoms with Crippen LogP contribution in [0.25, 0.3) is 0 Å². The molecule has 0 bridgehead atoms. The van der Waals surface area contributed by atoms with Crippen LogP contribution >= 0.6 is 0 Å². The molecule has 0 aromatic carbocycles. The molecule has 0 aromatic heterocycles. The zero-order valence-corrected chi connectivity index (χ0v) is 3.83. The van der Waals surface area contributed by atoms with Gasteiger partial charge in [-0.3, -0.25) is 0 Å². The van der Waals surface area contributed by atoms with Crippen LogP contribution < -0.4 is 0 Å². The summed E-state index contributed by atoms with van der Waals surface area (Å²) in [6.45, 7) is 5.85. The molecule has 0 atom stereocenters. The van der Waals surface area contributed by atoms with Crippen molar-refractivity contribution in [2.24, 2.45) is 0 Å². The quantitative estimate of drug-likeness (QED) is 0.472. The van der Waals surface area contributed by atoms with Gasteiger partial charge in [0.15, 0.2) is 0 Å². The summed E-state index contributed by atoms with van der Waals surface area (Å²) in [5, 5.41) is 0. The Morgan fingerprint density at radius 3 is 2.00 bits per heavy atom. The SMILES string of the molecule is [CH2]CCCC.[KH]. The summed E-state index contributed by atoms with van der Waals surface area (Å²) in [6.07, 6.45) is 3.65. The molecule has 0 aliphatic carbocycles.